The summed E-state index contributed by atoms with van der Waals surface area (Å²) < 4.78 is 0. The molecule has 1 aliphatic heterocycles. The van der Waals surface area contributed by atoms with E-state index in [-0.39, 0.29) is 17.7 Å². The van der Waals surface area contributed by atoms with E-state index in [9.17, 15) is 9.59 Å². The van der Waals surface area contributed by atoms with Gasteiger partial charge < -0.3 is 10.6 Å². The highest BCUT2D eigenvalue weighted by Gasteiger charge is 2.37. The van der Waals surface area contributed by atoms with Crippen LogP contribution < -0.4 is 5.73 Å². The first kappa shape index (κ1) is 10.5. The van der Waals surface area contributed by atoms with E-state index in [1.54, 1.807) is 0 Å². The van der Waals surface area contributed by atoms with Crippen LogP contribution in [0, 0.1) is 5.92 Å². The minimum Gasteiger partial charge on any atom is -0.369 e. The van der Waals surface area contributed by atoms with Gasteiger partial charge in [-0.05, 0) is 12.8 Å². The molecule has 4 heteroatoms. The Morgan fingerprint density at radius 3 is 2.47 bits per heavy atom. The Labute approximate surface area is 89.8 Å². The molecule has 15 heavy (non-hydrogen) atoms. The molecule has 2 amide bonds. The lowest BCUT2D eigenvalue weighted by molar-refractivity contribution is -0.130. The SMILES string of the molecule is NC(=O)[C@H]1CC(=O)N(C2CCCCC2)C1. The van der Waals surface area contributed by atoms with Crippen LogP contribution in [0.3, 0.4) is 0 Å². The van der Waals surface area contributed by atoms with Crippen molar-refractivity contribution in [1.82, 2.24) is 4.90 Å². The summed E-state index contributed by atoms with van der Waals surface area (Å²) in [4.78, 5) is 24.6. The number of nitrogens with zero attached hydrogens (tertiary/aromatic N) is 1. The Bertz CT molecular complexity index is 272. The summed E-state index contributed by atoms with van der Waals surface area (Å²) in [5, 5.41) is 0. The zero-order valence-corrected chi connectivity index (χ0v) is 8.95. The van der Waals surface area contributed by atoms with E-state index in [0.717, 1.165) is 12.8 Å². The van der Waals surface area contributed by atoms with Crippen LogP contribution in [0.4, 0.5) is 0 Å². The molecule has 4 nitrogen and oxygen atoms in total. The predicted molar refractivity (Wildman–Crippen MR) is 55.9 cm³/mol. The van der Waals surface area contributed by atoms with E-state index in [1.807, 2.05) is 4.90 Å². The van der Waals surface area contributed by atoms with Crippen LogP contribution in [0.2, 0.25) is 0 Å². The van der Waals surface area contributed by atoms with Gasteiger partial charge in [0.05, 0.1) is 5.92 Å². The topological polar surface area (TPSA) is 63.4 Å². The van der Waals surface area contributed by atoms with Gasteiger partial charge in [-0.15, -0.1) is 0 Å². The third-order valence-electron chi connectivity index (χ3n) is 3.58. The Balaban J connectivity index is 1.97. The summed E-state index contributed by atoms with van der Waals surface area (Å²) in [5.74, 6) is -0.466. The number of primary amides is 1. The normalized spacial score (nSPS) is 28.4. The first-order valence-electron chi connectivity index (χ1n) is 5.77. The third kappa shape index (κ3) is 2.13. The molecule has 2 fully saturated rings. The monoisotopic (exact) mass is 210 g/mol. The molecule has 2 N–H and O–H groups in total. The fourth-order valence-corrected chi connectivity index (χ4v) is 2.67. The smallest absolute Gasteiger partial charge is 0.223 e. The van der Waals surface area contributed by atoms with Crippen molar-refractivity contribution in [3.8, 4) is 0 Å². The van der Waals surface area contributed by atoms with Gasteiger partial charge in [-0.1, -0.05) is 19.3 Å². The molecule has 84 valence electrons. The molecule has 2 rings (SSSR count). The average molecular weight is 210 g/mol. The molecule has 2 aliphatic rings. The second kappa shape index (κ2) is 4.21. The molecule has 0 aromatic rings. The van der Waals surface area contributed by atoms with E-state index in [2.05, 4.69) is 0 Å². The Morgan fingerprint density at radius 1 is 1.27 bits per heavy atom. The number of hydrogen-bond acceptors (Lipinski definition) is 2. The first-order chi connectivity index (χ1) is 7.18. The van der Waals surface area contributed by atoms with Crippen molar-refractivity contribution in [2.75, 3.05) is 6.54 Å². The summed E-state index contributed by atoms with van der Waals surface area (Å²) in [5.41, 5.74) is 5.23. The summed E-state index contributed by atoms with van der Waals surface area (Å²) >= 11 is 0. The van der Waals surface area contributed by atoms with Gasteiger partial charge in [-0.3, -0.25) is 9.59 Å². The van der Waals surface area contributed by atoms with E-state index >= 15 is 0 Å². The van der Waals surface area contributed by atoms with Crippen LogP contribution in [0.1, 0.15) is 38.5 Å². The van der Waals surface area contributed by atoms with E-state index < -0.39 is 0 Å². The lowest BCUT2D eigenvalue weighted by Crippen LogP contribution is -2.38. The van der Waals surface area contributed by atoms with Crippen molar-refractivity contribution in [1.29, 1.82) is 0 Å². The highest BCUT2D eigenvalue weighted by molar-refractivity contribution is 5.88. The molecule has 1 saturated carbocycles. The molecule has 0 aromatic carbocycles. The number of carbonyl (C=O) groups is 2. The number of amides is 2. The number of carbonyl (C=O) groups excluding carboxylic acids is 2. The van der Waals surface area contributed by atoms with Crippen LogP contribution in [-0.2, 0) is 9.59 Å². The first-order valence-corrected chi connectivity index (χ1v) is 5.77. The predicted octanol–water partition coefficient (Wildman–Crippen LogP) is 0.653. The summed E-state index contributed by atoms with van der Waals surface area (Å²) in [6, 6.07) is 0.371. The largest absolute Gasteiger partial charge is 0.369 e. The molecular weight excluding hydrogens is 192 g/mol. The lowest BCUT2D eigenvalue weighted by atomic mass is 9.94. The van der Waals surface area contributed by atoms with Gasteiger partial charge in [0.25, 0.3) is 0 Å². The number of rotatable bonds is 2. The zero-order chi connectivity index (χ0) is 10.8. The van der Waals surface area contributed by atoms with Crippen molar-refractivity contribution < 1.29 is 9.59 Å². The fraction of sp³-hybridized carbons (Fsp3) is 0.818. The highest BCUT2D eigenvalue weighted by atomic mass is 16.2. The minimum absolute atomic E-state index is 0.116. The number of hydrogen-bond donors (Lipinski definition) is 1. The molecule has 0 spiro atoms. The van der Waals surface area contributed by atoms with Crippen molar-refractivity contribution in [3.05, 3.63) is 0 Å². The maximum Gasteiger partial charge on any atom is 0.223 e. The van der Waals surface area contributed by atoms with Gasteiger partial charge in [0.1, 0.15) is 0 Å². The van der Waals surface area contributed by atoms with Gasteiger partial charge in [0.15, 0.2) is 0 Å². The van der Waals surface area contributed by atoms with Gasteiger partial charge >= 0.3 is 0 Å². The quantitative estimate of drug-likeness (QED) is 0.727. The maximum absolute atomic E-state index is 11.7. The van der Waals surface area contributed by atoms with Crippen molar-refractivity contribution in [3.63, 3.8) is 0 Å². The fourth-order valence-electron chi connectivity index (χ4n) is 2.67. The Hall–Kier alpha value is -1.06. The maximum atomic E-state index is 11.7. The third-order valence-corrected chi connectivity index (χ3v) is 3.58. The lowest BCUT2D eigenvalue weighted by Gasteiger charge is -2.31. The molecule has 1 aliphatic carbocycles. The molecular formula is C11H18N2O2. The van der Waals surface area contributed by atoms with Crippen LogP contribution in [-0.4, -0.2) is 29.3 Å². The zero-order valence-electron chi connectivity index (χ0n) is 8.95. The average Bonchev–Trinajstić information content (AvgIpc) is 2.62. The molecule has 1 atom stereocenters. The molecule has 0 aromatic heterocycles. The van der Waals surface area contributed by atoms with Crippen LogP contribution in [0.15, 0.2) is 0 Å². The second-order valence-corrected chi connectivity index (χ2v) is 4.64. The van der Waals surface area contributed by atoms with Crippen LogP contribution in [0.5, 0.6) is 0 Å². The Kier molecular flexibility index (Phi) is 2.93. The van der Waals surface area contributed by atoms with E-state index in [4.69, 9.17) is 5.73 Å². The van der Waals surface area contributed by atoms with Gasteiger partial charge in [0.2, 0.25) is 11.8 Å². The van der Waals surface area contributed by atoms with Crippen LogP contribution in [0.25, 0.3) is 0 Å². The van der Waals surface area contributed by atoms with Crippen molar-refractivity contribution in [2.45, 2.75) is 44.6 Å². The molecule has 1 heterocycles. The molecule has 0 radical (unpaired) electrons. The standard InChI is InChI=1S/C11H18N2O2/c12-11(15)8-6-10(14)13(7-8)9-4-2-1-3-5-9/h8-9H,1-7H2,(H2,12,15)/t8-/m0/s1. The highest BCUT2D eigenvalue weighted by Crippen LogP contribution is 2.28. The van der Waals surface area contributed by atoms with Crippen molar-refractivity contribution in [2.24, 2.45) is 11.7 Å². The second-order valence-electron chi connectivity index (χ2n) is 4.64. The summed E-state index contributed by atoms with van der Waals surface area (Å²) in [6.07, 6.45) is 6.20. The van der Waals surface area contributed by atoms with E-state index in [1.165, 1.54) is 19.3 Å². The van der Waals surface area contributed by atoms with Crippen LogP contribution >= 0.6 is 0 Å². The van der Waals surface area contributed by atoms with Crippen molar-refractivity contribution >= 4 is 11.8 Å². The molecule has 0 bridgehead atoms. The Morgan fingerprint density at radius 2 is 1.93 bits per heavy atom. The summed E-state index contributed by atoms with van der Waals surface area (Å²) in [6.45, 7) is 0.554. The van der Waals surface area contributed by atoms with Gasteiger partial charge in [0, 0.05) is 19.0 Å². The molecule has 1 saturated heterocycles. The summed E-state index contributed by atoms with van der Waals surface area (Å²) in [7, 11) is 0. The molecule has 0 unspecified atom stereocenters. The number of nitrogens with two attached hydrogens (primary N) is 1. The van der Waals surface area contributed by atoms with Gasteiger partial charge in [-0.2, -0.15) is 0 Å². The minimum atomic E-state index is -0.332. The van der Waals surface area contributed by atoms with Gasteiger partial charge in [-0.25, -0.2) is 0 Å². The number of likely N-dealkylation sites (tertiary alicyclic amines) is 1. The van der Waals surface area contributed by atoms with E-state index in [0.29, 0.717) is 19.0 Å².